The van der Waals surface area contributed by atoms with Gasteiger partial charge in [0.1, 0.15) is 16.8 Å². The van der Waals surface area contributed by atoms with Gasteiger partial charge in [-0.1, -0.05) is 17.7 Å². The van der Waals surface area contributed by atoms with Crippen molar-refractivity contribution in [1.29, 1.82) is 0 Å². The minimum Gasteiger partial charge on any atom is -0.366 e. The number of benzene rings is 1. The molecular formula is C13H12ClF2N3. The second kappa shape index (κ2) is 5.48. The van der Waals surface area contributed by atoms with Crippen molar-refractivity contribution in [2.24, 2.45) is 0 Å². The van der Waals surface area contributed by atoms with E-state index in [4.69, 9.17) is 11.6 Å². The van der Waals surface area contributed by atoms with Crippen LogP contribution in [-0.2, 0) is 6.54 Å². The van der Waals surface area contributed by atoms with Crippen LogP contribution in [0.4, 0.5) is 14.6 Å². The molecule has 0 saturated carbocycles. The molecule has 1 aromatic heterocycles. The normalized spacial score (nSPS) is 10.6. The summed E-state index contributed by atoms with van der Waals surface area (Å²) in [5.74, 6) is -0.598. The summed E-state index contributed by atoms with van der Waals surface area (Å²) in [6, 6.07) is 3.75. The number of halogens is 3. The Labute approximate surface area is 114 Å². The van der Waals surface area contributed by atoms with Gasteiger partial charge in [-0.05, 0) is 31.5 Å². The van der Waals surface area contributed by atoms with E-state index in [2.05, 4.69) is 15.3 Å². The Balaban J connectivity index is 2.16. The Morgan fingerprint density at radius 3 is 2.58 bits per heavy atom. The molecule has 2 rings (SSSR count). The van der Waals surface area contributed by atoms with E-state index in [1.807, 2.05) is 0 Å². The molecule has 2 aromatic rings. The van der Waals surface area contributed by atoms with Crippen LogP contribution in [-0.4, -0.2) is 9.97 Å². The Kier molecular flexibility index (Phi) is 3.95. The van der Waals surface area contributed by atoms with Crippen LogP contribution in [0, 0.1) is 25.5 Å². The SMILES string of the molecule is Cc1nc(Cl)c(C)c(NCc2ccc(F)c(F)c2)n1. The van der Waals surface area contributed by atoms with Gasteiger partial charge in [0.2, 0.25) is 0 Å². The minimum absolute atomic E-state index is 0.324. The Bertz CT molecular complexity index is 617. The molecule has 6 heteroatoms. The molecule has 1 aromatic carbocycles. The van der Waals surface area contributed by atoms with Crippen LogP contribution in [0.15, 0.2) is 18.2 Å². The molecule has 1 heterocycles. The van der Waals surface area contributed by atoms with Crippen molar-refractivity contribution < 1.29 is 8.78 Å². The number of nitrogens with one attached hydrogen (secondary N) is 1. The standard InChI is InChI=1S/C13H12ClF2N3/c1-7-12(14)18-8(2)19-13(7)17-6-9-3-4-10(15)11(16)5-9/h3-5H,6H2,1-2H3,(H,17,18,19). The highest BCUT2D eigenvalue weighted by molar-refractivity contribution is 6.30. The molecule has 0 amide bonds. The fourth-order valence-corrected chi connectivity index (χ4v) is 1.81. The first-order valence-electron chi connectivity index (χ1n) is 5.66. The van der Waals surface area contributed by atoms with Crippen molar-refractivity contribution in [3.8, 4) is 0 Å². The van der Waals surface area contributed by atoms with E-state index in [-0.39, 0.29) is 0 Å². The maximum Gasteiger partial charge on any atom is 0.159 e. The van der Waals surface area contributed by atoms with Gasteiger partial charge in [0.25, 0.3) is 0 Å². The molecule has 19 heavy (non-hydrogen) atoms. The molecule has 100 valence electrons. The van der Waals surface area contributed by atoms with Crippen molar-refractivity contribution in [2.75, 3.05) is 5.32 Å². The van der Waals surface area contributed by atoms with E-state index in [1.165, 1.54) is 6.07 Å². The Morgan fingerprint density at radius 2 is 1.89 bits per heavy atom. The van der Waals surface area contributed by atoms with Crippen LogP contribution in [0.1, 0.15) is 17.0 Å². The van der Waals surface area contributed by atoms with Crippen LogP contribution < -0.4 is 5.32 Å². The molecule has 3 nitrogen and oxygen atoms in total. The first-order valence-corrected chi connectivity index (χ1v) is 6.03. The third-order valence-electron chi connectivity index (χ3n) is 2.64. The number of aryl methyl sites for hydroxylation is 1. The first kappa shape index (κ1) is 13.7. The summed E-state index contributed by atoms with van der Waals surface area (Å²) in [7, 11) is 0. The fraction of sp³-hybridized carbons (Fsp3) is 0.231. The number of hydrogen-bond acceptors (Lipinski definition) is 3. The summed E-state index contributed by atoms with van der Waals surface area (Å²) in [5.41, 5.74) is 1.33. The van der Waals surface area contributed by atoms with Crippen molar-refractivity contribution >= 4 is 17.4 Å². The predicted molar refractivity (Wildman–Crippen MR) is 70.2 cm³/mol. The van der Waals surface area contributed by atoms with Gasteiger partial charge in [-0.3, -0.25) is 0 Å². The molecule has 0 atom stereocenters. The lowest BCUT2D eigenvalue weighted by molar-refractivity contribution is 0.507. The Morgan fingerprint density at radius 1 is 1.16 bits per heavy atom. The van der Waals surface area contributed by atoms with Crippen molar-refractivity contribution in [1.82, 2.24) is 9.97 Å². The fourth-order valence-electron chi connectivity index (χ4n) is 1.60. The van der Waals surface area contributed by atoms with Crippen molar-refractivity contribution in [3.63, 3.8) is 0 Å². The van der Waals surface area contributed by atoms with E-state index in [0.29, 0.717) is 28.9 Å². The zero-order valence-electron chi connectivity index (χ0n) is 10.5. The summed E-state index contributed by atoms with van der Waals surface area (Å²) >= 11 is 5.95. The van der Waals surface area contributed by atoms with Crippen molar-refractivity contribution in [3.05, 3.63) is 51.9 Å². The molecule has 0 unspecified atom stereocenters. The average Bonchev–Trinajstić information content (AvgIpc) is 2.36. The van der Waals surface area contributed by atoms with Gasteiger partial charge < -0.3 is 5.32 Å². The Hall–Kier alpha value is -1.75. The lowest BCUT2D eigenvalue weighted by Crippen LogP contribution is -2.06. The zero-order chi connectivity index (χ0) is 14.0. The highest BCUT2D eigenvalue weighted by Crippen LogP contribution is 2.20. The molecule has 0 aliphatic rings. The maximum absolute atomic E-state index is 13.1. The van der Waals surface area contributed by atoms with Crippen LogP contribution in [0.5, 0.6) is 0 Å². The predicted octanol–water partition coefficient (Wildman–Crippen LogP) is 3.64. The van der Waals surface area contributed by atoms with E-state index in [9.17, 15) is 8.78 Å². The van der Waals surface area contributed by atoms with E-state index in [0.717, 1.165) is 17.7 Å². The van der Waals surface area contributed by atoms with Crippen LogP contribution >= 0.6 is 11.6 Å². The smallest absolute Gasteiger partial charge is 0.159 e. The quantitative estimate of drug-likeness (QED) is 0.874. The van der Waals surface area contributed by atoms with Gasteiger partial charge in [0.15, 0.2) is 11.6 Å². The molecule has 0 bridgehead atoms. The third-order valence-corrected chi connectivity index (χ3v) is 3.01. The van der Waals surface area contributed by atoms with Gasteiger partial charge in [-0.25, -0.2) is 18.7 Å². The summed E-state index contributed by atoms with van der Waals surface area (Å²) in [6.07, 6.45) is 0. The maximum atomic E-state index is 13.1. The number of hydrogen-bond donors (Lipinski definition) is 1. The highest BCUT2D eigenvalue weighted by atomic mass is 35.5. The van der Waals surface area contributed by atoms with E-state index >= 15 is 0 Å². The van der Waals surface area contributed by atoms with Gasteiger partial charge in [-0.2, -0.15) is 0 Å². The molecule has 0 spiro atoms. The first-order chi connectivity index (χ1) is 8.97. The molecule has 0 aliphatic carbocycles. The second-order valence-corrected chi connectivity index (χ2v) is 4.50. The molecule has 0 aliphatic heterocycles. The molecule has 0 saturated heterocycles. The number of anilines is 1. The van der Waals surface area contributed by atoms with Crippen LogP contribution in [0.2, 0.25) is 5.15 Å². The highest BCUT2D eigenvalue weighted by Gasteiger charge is 2.08. The van der Waals surface area contributed by atoms with Gasteiger partial charge >= 0.3 is 0 Å². The largest absolute Gasteiger partial charge is 0.366 e. The topological polar surface area (TPSA) is 37.8 Å². The monoisotopic (exact) mass is 283 g/mol. The van der Waals surface area contributed by atoms with Gasteiger partial charge in [-0.15, -0.1) is 0 Å². The molecular weight excluding hydrogens is 272 g/mol. The summed E-state index contributed by atoms with van der Waals surface area (Å²) < 4.78 is 25.9. The van der Waals surface area contributed by atoms with Gasteiger partial charge in [0, 0.05) is 12.1 Å². The van der Waals surface area contributed by atoms with Crippen LogP contribution in [0.25, 0.3) is 0 Å². The average molecular weight is 284 g/mol. The lowest BCUT2D eigenvalue weighted by Gasteiger charge is -2.10. The number of nitrogens with zero attached hydrogens (tertiary/aromatic N) is 2. The second-order valence-electron chi connectivity index (χ2n) is 4.14. The molecule has 1 N–H and O–H groups in total. The minimum atomic E-state index is -0.868. The molecule has 0 radical (unpaired) electrons. The van der Waals surface area contributed by atoms with Gasteiger partial charge in [0.05, 0.1) is 0 Å². The van der Waals surface area contributed by atoms with Crippen molar-refractivity contribution in [2.45, 2.75) is 20.4 Å². The zero-order valence-corrected chi connectivity index (χ0v) is 11.2. The number of rotatable bonds is 3. The third kappa shape index (κ3) is 3.17. The van der Waals surface area contributed by atoms with Crippen LogP contribution in [0.3, 0.4) is 0 Å². The van der Waals surface area contributed by atoms with E-state index in [1.54, 1.807) is 13.8 Å². The molecule has 0 fully saturated rings. The van der Waals surface area contributed by atoms with E-state index < -0.39 is 11.6 Å². The summed E-state index contributed by atoms with van der Waals surface area (Å²) in [5, 5.41) is 3.41. The summed E-state index contributed by atoms with van der Waals surface area (Å²) in [6.45, 7) is 3.84. The number of aromatic nitrogens is 2. The lowest BCUT2D eigenvalue weighted by atomic mass is 10.2. The summed E-state index contributed by atoms with van der Waals surface area (Å²) in [4.78, 5) is 8.23.